The fraction of sp³-hybridized carbons (Fsp3) is 0.455. The molecular weight excluding hydrogens is 238 g/mol. The van der Waals surface area contributed by atoms with Crippen LogP contribution in [-0.4, -0.2) is 33.0 Å². The van der Waals surface area contributed by atoms with Crippen molar-refractivity contribution in [1.29, 1.82) is 0 Å². The van der Waals surface area contributed by atoms with Gasteiger partial charge in [0.05, 0.1) is 6.20 Å². The molecule has 1 unspecified atom stereocenters. The number of aromatic nitrogens is 2. The van der Waals surface area contributed by atoms with Gasteiger partial charge < -0.3 is 15.4 Å². The number of carbonyl (C=O) groups is 2. The van der Waals surface area contributed by atoms with Crippen molar-refractivity contribution in [3.05, 3.63) is 28.4 Å². The van der Waals surface area contributed by atoms with Gasteiger partial charge in [-0.3, -0.25) is 9.59 Å². The zero-order chi connectivity index (χ0) is 13.5. The number of amides is 1. The molecule has 0 saturated heterocycles. The Kier molecular flexibility index (Phi) is 5.04. The first kappa shape index (κ1) is 13.9. The second-order valence-corrected chi connectivity index (χ2v) is 3.80. The first-order chi connectivity index (χ1) is 8.54. The number of unbranched alkanes of at least 4 members (excludes halogenated alkanes) is 1. The fourth-order valence-corrected chi connectivity index (χ4v) is 1.36. The van der Waals surface area contributed by atoms with Crippen LogP contribution in [0, 0.1) is 0 Å². The van der Waals surface area contributed by atoms with Crippen LogP contribution >= 0.6 is 0 Å². The summed E-state index contributed by atoms with van der Waals surface area (Å²) in [5.74, 6) is -1.70. The summed E-state index contributed by atoms with van der Waals surface area (Å²) in [6, 6.07) is -0.939. The average molecular weight is 253 g/mol. The van der Waals surface area contributed by atoms with E-state index in [9.17, 15) is 14.4 Å². The van der Waals surface area contributed by atoms with Gasteiger partial charge >= 0.3 is 5.97 Å². The smallest absolute Gasteiger partial charge is 0.326 e. The third-order valence-corrected chi connectivity index (χ3v) is 2.35. The summed E-state index contributed by atoms with van der Waals surface area (Å²) in [5.41, 5.74) is -0.440. The number of hydrogen-bond acceptors (Lipinski definition) is 4. The molecule has 1 atom stereocenters. The zero-order valence-corrected chi connectivity index (χ0v) is 9.97. The van der Waals surface area contributed by atoms with Crippen molar-refractivity contribution in [2.24, 2.45) is 0 Å². The van der Waals surface area contributed by atoms with Crippen LogP contribution < -0.4 is 10.9 Å². The van der Waals surface area contributed by atoms with E-state index < -0.39 is 23.5 Å². The van der Waals surface area contributed by atoms with Gasteiger partial charge in [0.15, 0.2) is 0 Å². The number of nitrogens with zero attached hydrogens (tertiary/aromatic N) is 1. The highest BCUT2D eigenvalue weighted by atomic mass is 16.4. The van der Waals surface area contributed by atoms with Crippen molar-refractivity contribution in [1.82, 2.24) is 15.3 Å². The molecule has 0 spiro atoms. The van der Waals surface area contributed by atoms with Gasteiger partial charge in [-0.15, -0.1) is 0 Å². The minimum atomic E-state index is -1.08. The van der Waals surface area contributed by atoms with E-state index in [1.54, 1.807) is 0 Å². The molecule has 3 N–H and O–H groups in total. The van der Waals surface area contributed by atoms with Gasteiger partial charge in [-0.05, 0) is 6.42 Å². The van der Waals surface area contributed by atoms with Crippen molar-refractivity contribution < 1.29 is 14.7 Å². The van der Waals surface area contributed by atoms with E-state index in [2.05, 4.69) is 15.3 Å². The van der Waals surface area contributed by atoms with Crippen LogP contribution in [0.4, 0.5) is 0 Å². The van der Waals surface area contributed by atoms with Crippen molar-refractivity contribution in [2.45, 2.75) is 32.2 Å². The molecule has 1 amide bonds. The molecule has 98 valence electrons. The molecule has 0 saturated carbocycles. The Morgan fingerprint density at radius 2 is 2.28 bits per heavy atom. The summed E-state index contributed by atoms with van der Waals surface area (Å²) in [6.45, 7) is 1.93. The highest BCUT2D eigenvalue weighted by molar-refractivity contribution is 5.94. The lowest BCUT2D eigenvalue weighted by atomic mass is 10.1. The number of H-pyrrole nitrogens is 1. The molecular formula is C11H15N3O4. The third kappa shape index (κ3) is 4.00. The first-order valence-corrected chi connectivity index (χ1v) is 5.63. The monoisotopic (exact) mass is 253 g/mol. The lowest BCUT2D eigenvalue weighted by molar-refractivity contribution is -0.139. The van der Waals surface area contributed by atoms with E-state index in [0.29, 0.717) is 12.8 Å². The maximum absolute atomic E-state index is 11.7. The largest absolute Gasteiger partial charge is 0.480 e. The summed E-state index contributed by atoms with van der Waals surface area (Å²) in [5, 5.41) is 11.3. The number of aliphatic carboxylic acids is 1. The van der Waals surface area contributed by atoms with Crippen molar-refractivity contribution in [3.63, 3.8) is 0 Å². The number of hydrogen-bond donors (Lipinski definition) is 3. The Bertz CT molecular complexity index is 463. The third-order valence-electron chi connectivity index (χ3n) is 2.35. The van der Waals surface area contributed by atoms with Crippen molar-refractivity contribution in [2.75, 3.05) is 0 Å². The average Bonchev–Trinajstić information content (AvgIpc) is 2.34. The van der Waals surface area contributed by atoms with Crippen LogP contribution in [0.25, 0.3) is 0 Å². The molecule has 1 heterocycles. The molecule has 0 aliphatic heterocycles. The number of carboxylic acids is 1. The van der Waals surface area contributed by atoms with Gasteiger partial charge in [-0.25, -0.2) is 9.78 Å². The summed E-state index contributed by atoms with van der Waals surface area (Å²) in [4.78, 5) is 39.3. The minimum Gasteiger partial charge on any atom is -0.480 e. The van der Waals surface area contributed by atoms with Gasteiger partial charge in [0.2, 0.25) is 0 Å². The second kappa shape index (κ2) is 6.53. The highest BCUT2D eigenvalue weighted by Crippen LogP contribution is 2.02. The Morgan fingerprint density at radius 1 is 1.56 bits per heavy atom. The number of nitrogens with one attached hydrogen (secondary N) is 2. The first-order valence-electron chi connectivity index (χ1n) is 5.63. The molecule has 0 aliphatic rings. The molecule has 7 nitrogen and oxygen atoms in total. The zero-order valence-electron chi connectivity index (χ0n) is 9.97. The molecule has 1 aromatic rings. The summed E-state index contributed by atoms with van der Waals surface area (Å²) >= 11 is 0. The van der Waals surface area contributed by atoms with Gasteiger partial charge in [-0.1, -0.05) is 19.8 Å². The van der Waals surface area contributed by atoms with E-state index in [0.717, 1.165) is 18.8 Å². The minimum absolute atomic E-state index is 0.0163. The quantitative estimate of drug-likeness (QED) is 0.667. The number of carboxylic acid groups (broad SMARTS) is 1. The summed E-state index contributed by atoms with van der Waals surface area (Å²) in [6.07, 6.45) is 4.03. The van der Waals surface area contributed by atoms with Gasteiger partial charge in [0, 0.05) is 6.20 Å². The maximum Gasteiger partial charge on any atom is 0.326 e. The van der Waals surface area contributed by atoms with E-state index in [1.165, 1.54) is 0 Å². The molecule has 0 bridgehead atoms. The van der Waals surface area contributed by atoms with E-state index in [-0.39, 0.29) is 5.69 Å². The molecule has 18 heavy (non-hydrogen) atoms. The predicted octanol–water partition coefficient (Wildman–Crippen LogP) is 0.143. The van der Waals surface area contributed by atoms with E-state index >= 15 is 0 Å². The Labute approximate surface area is 103 Å². The fourth-order valence-electron chi connectivity index (χ4n) is 1.36. The topological polar surface area (TPSA) is 112 Å². The Hall–Kier alpha value is -2.18. The van der Waals surface area contributed by atoms with Crippen molar-refractivity contribution >= 4 is 11.9 Å². The van der Waals surface area contributed by atoms with Crippen molar-refractivity contribution in [3.8, 4) is 0 Å². The van der Waals surface area contributed by atoms with Crippen LogP contribution in [-0.2, 0) is 4.79 Å². The van der Waals surface area contributed by atoms with E-state index in [4.69, 9.17) is 5.11 Å². The molecule has 0 aliphatic carbocycles. The summed E-state index contributed by atoms with van der Waals surface area (Å²) < 4.78 is 0. The Balaban J connectivity index is 2.68. The highest BCUT2D eigenvalue weighted by Gasteiger charge is 2.20. The van der Waals surface area contributed by atoms with Crippen LogP contribution in [0.15, 0.2) is 17.2 Å². The number of carbonyl (C=O) groups excluding carboxylic acids is 1. The van der Waals surface area contributed by atoms with Gasteiger partial charge in [-0.2, -0.15) is 0 Å². The normalized spacial score (nSPS) is 11.8. The molecule has 7 heteroatoms. The SMILES string of the molecule is CCCCC(NC(=O)c1c[nH]c(=O)cn1)C(=O)O. The van der Waals surface area contributed by atoms with E-state index in [1.807, 2.05) is 6.92 Å². The lowest BCUT2D eigenvalue weighted by Gasteiger charge is -2.13. The van der Waals surface area contributed by atoms with Crippen LogP contribution in [0.1, 0.15) is 36.7 Å². The van der Waals surface area contributed by atoms with Crippen LogP contribution in [0.2, 0.25) is 0 Å². The molecule has 0 radical (unpaired) electrons. The predicted molar refractivity (Wildman–Crippen MR) is 63.3 cm³/mol. The van der Waals surface area contributed by atoms with Crippen LogP contribution in [0.5, 0.6) is 0 Å². The van der Waals surface area contributed by atoms with Gasteiger partial charge in [0.1, 0.15) is 11.7 Å². The maximum atomic E-state index is 11.7. The van der Waals surface area contributed by atoms with Crippen LogP contribution in [0.3, 0.4) is 0 Å². The standard InChI is InChI=1S/C11H15N3O4/c1-2-3-4-7(11(17)18)14-10(16)8-5-13-9(15)6-12-8/h5-7H,2-4H2,1H3,(H,13,15)(H,14,16)(H,17,18). The summed E-state index contributed by atoms with van der Waals surface area (Å²) in [7, 11) is 0. The van der Waals surface area contributed by atoms with Gasteiger partial charge in [0.25, 0.3) is 11.5 Å². The number of aromatic amines is 1. The lowest BCUT2D eigenvalue weighted by Crippen LogP contribution is -2.41. The second-order valence-electron chi connectivity index (χ2n) is 3.80. The Morgan fingerprint density at radius 3 is 2.78 bits per heavy atom. The molecule has 1 aromatic heterocycles. The molecule has 0 aromatic carbocycles. The molecule has 1 rings (SSSR count). The molecule has 0 fully saturated rings. The number of rotatable bonds is 6.